The van der Waals surface area contributed by atoms with Crippen LogP contribution in [0, 0.1) is 6.92 Å². The predicted molar refractivity (Wildman–Crippen MR) is 106 cm³/mol. The van der Waals surface area contributed by atoms with Crippen molar-refractivity contribution < 1.29 is 0 Å². The van der Waals surface area contributed by atoms with Gasteiger partial charge >= 0.3 is 0 Å². The van der Waals surface area contributed by atoms with Crippen LogP contribution in [0.15, 0.2) is 30.5 Å². The molecule has 138 valence electrons. The number of aromatic nitrogens is 3. The van der Waals surface area contributed by atoms with E-state index in [4.69, 9.17) is 4.98 Å². The number of benzene rings is 1. The maximum atomic E-state index is 4.83. The summed E-state index contributed by atoms with van der Waals surface area (Å²) in [6.07, 6.45) is 6.95. The molecule has 2 fully saturated rings. The molecule has 0 N–H and O–H groups in total. The normalized spacial score (nSPS) is 18.7. The fourth-order valence-electron chi connectivity index (χ4n) is 3.86. The molecule has 6 nitrogen and oxygen atoms in total. The number of piperazine rings is 1. The summed E-state index contributed by atoms with van der Waals surface area (Å²) in [5.41, 5.74) is 2.62. The summed E-state index contributed by atoms with van der Waals surface area (Å²) < 4.78 is 0. The number of anilines is 3. The fourth-order valence-corrected chi connectivity index (χ4v) is 3.86. The van der Waals surface area contributed by atoms with E-state index in [9.17, 15) is 0 Å². The molecule has 0 radical (unpaired) electrons. The van der Waals surface area contributed by atoms with E-state index in [-0.39, 0.29) is 0 Å². The standard InChI is InChI=1S/C20H28N6/c1-17-7-6-8-18(15-17)24-11-13-26(14-12-24)20-22-19(16-21-23-20)25-9-4-2-3-5-10-25/h6-8,15-16H,2-5,9-14H2,1H3. The van der Waals surface area contributed by atoms with Crippen molar-refractivity contribution in [2.75, 3.05) is 54.0 Å². The zero-order valence-electron chi connectivity index (χ0n) is 15.6. The van der Waals surface area contributed by atoms with Crippen molar-refractivity contribution in [2.45, 2.75) is 32.6 Å². The van der Waals surface area contributed by atoms with Gasteiger partial charge in [-0.2, -0.15) is 10.1 Å². The largest absolute Gasteiger partial charge is 0.368 e. The zero-order chi connectivity index (χ0) is 17.8. The molecule has 26 heavy (non-hydrogen) atoms. The van der Waals surface area contributed by atoms with E-state index in [2.05, 4.69) is 56.1 Å². The van der Waals surface area contributed by atoms with Crippen LogP contribution in [0.5, 0.6) is 0 Å². The minimum atomic E-state index is 0.774. The first kappa shape index (κ1) is 17.1. The Morgan fingerprint density at radius 3 is 2.27 bits per heavy atom. The lowest BCUT2D eigenvalue weighted by molar-refractivity contribution is 0.633. The van der Waals surface area contributed by atoms with Crippen LogP contribution in [0.4, 0.5) is 17.5 Å². The second-order valence-electron chi connectivity index (χ2n) is 7.33. The van der Waals surface area contributed by atoms with Crippen LogP contribution in [-0.4, -0.2) is 54.4 Å². The van der Waals surface area contributed by atoms with E-state index in [1.165, 1.54) is 36.9 Å². The summed E-state index contributed by atoms with van der Waals surface area (Å²) in [6, 6.07) is 8.73. The molecule has 6 heteroatoms. The molecule has 0 atom stereocenters. The fraction of sp³-hybridized carbons (Fsp3) is 0.550. The highest BCUT2D eigenvalue weighted by atomic mass is 15.4. The third-order valence-electron chi connectivity index (χ3n) is 5.39. The summed E-state index contributed by atoms with van der Waals surface area (Å²) in [7, 11) is 0. The van der Waals surface area contributed by atoms with Crippen LogP contribution < -0.4 is 14.7 Å². The lowest BCUT2D eigenvalue weighted by Gasteiger charge is -2.36. The van der Waals surface area contributed by atoms with Crippen molar-refractivity contribution in [1.29, 1.82) is 0 Å². The van der Waals surface area contributed by atoms with Gasteiger partial charge in [0.15, 0.2) is 5.82 Å². The highest BCUT2D eigenvalue weighted by Crippen LogP contribution is 2.21. The van der Waals surface area contributed by atoms with Gasteiger partial charge < -0.3 is 14.7 Å². The third-order valence-corrected chi connectivity index (χ3v) is 5.39. The van der Waals surface area contributed by atoms with E-state index in [1.807, 2.05) is 6.20 Å². The van der Waals surface area contributed by atoms with E-state index in [1.54, 1.807) is 0 Å². The molecule has 0 bridgehead atoms. The average Bonchev–Trinajstić information content (AvgIpc) is 2.98. The van der Waals surface area contributed by atoms with Crippen molar-refractivity contribution in [2.24, 2.45) is 0 Å². The van der Waals surface area contributed by atoms with Gasteiger partial charge in [0.05, 0.1) is 6.20 Å². The Balaban J connectivity index is 1.42. The summed E-state index contributed by atoms with van der Waals surface area (Å²) in [6.45, 7) is 8.14. The lowest BCUT2D eigenvalue weighted by Crippen LogP contribution is -2.47. The van der Waals surface area contributed by atoms with Crippen molar-refractivity contribution in [1.82, 2.24) is 15.2 Å². The van der Waals surface area contributed by atoms with Gasteiger partial charge in [0, 0.05) is 45.0 Å². The maximum Gasteiger partial charge on any atom is 0.247 e. The molecule has 0 spiro atoms. The van der Waals surface area contributed by atoms with Crippen molar-refractivity contribution in [3.05, 3.63) is 36.0 Å². The molecular formula is C20H28N6. The van der Waals surface area contributed by atoms with Gasteiger partial charge in [-0.1, -0.05) is 25.0 Å². The summed E-state index contributed by atoms with van der Waals surface area (Å²) in [5.74, 6) is 1.76. The van der Waals surface area contributed by atoms with Gasteiger partial charge in [0.2, 0.25) is 5.95 Å². The summed E-state index contributed by atoms with van der Waals surface area (Å²) >= 11 is 0. The molecule has 2 aliphatic heterocycles. The van der Waals surface area contributed by atoms with Gasteiger partial charge in [-0.25, -0.2) is 0 Å². The first-order valence-corrected chi connectivity index (χ1v) is 9.81. The molecule has 2 aliphatic rings. The molecule has 1 aromatic heterocycles. The van der Waals surface area contributed by atoms with E-state index in [0.717, 1.165) is 51.0 Å². The molecular weight excluding hydrogens is 324 g/mol. The van der Waals surface area contributed by atoms with E-state index >= 15 is 0 Å². The predicted octanol–water partition coefficient (Wildman–Crippen LogP) is 2.89. The number of hydrogen-bond donors (Lipinski definition) is 0. The van der Waals surface area contributed by atoms with Crippen molar-refractivity contribution >= 4 is 17.5 Å². The Bertz CT molecular complexity index is 718. The Morgan fingerprint density at radius 1 is 0.808 bits per heavy atom. The maximum absolute atomic E-state index is 4.83. The Kier molecular flexibility index (Phi) is 5.18. The summed E-state index contributed by atoms with van der Waals surface area (Å²) in [4.78, 5) is 11.9. The monoisotopic (exact) mass is 352 g/mol. The van der Waals surface area contributed by atoms with E-state index < -0.39 is 0 Å². The van der Waals surface area contributed by atoms with E-state index in [0.29, 0.717) is 0 Å². The average molecular weight is 352 g/mol. The smallest absolute Gasteiger partial charge is 0.247 e. The highest BCUT2D eigenvalue weighted by molar-refractivity contribution is 5.50. The minimum absolute atomic E-state index is 0.774. The van der Waals surface area contributed by atoms with Crippen LogP contribution in [0.3, 0.4) is 0 Å². The van der Waals surface area contributed by atoms with Crippen molar-refractivity contribution in [3.8, 4) is 0 Å². The quantitative estimate of drug-likeness (QED) is 0.847. The highest BCUT2D eigenvalue weighted by Gasteiger charge is 2.21. The number of hydrogen-bond acceptors (Lipinski definition) is 6. The Morgan fingerprint density at radius 2 is 1.54 bits per heavy atom. The Labute approximate surface area is 155 Å². The molecule has 0 aliphatic carbocycles. The molecule has 2 aromatic rings. The van der Waals surface area contributed by atoms with Gasteiger partial charge in [0.1, 0.15) is 0 Å². The number of nitrogens with zero attached hydrogens (tertiary/aromatic N) is 6. The lowest BCUT2D eigenvalue weighted by atomic mass is 10.2. The van der Waals surface area contributed by atoms with Crippen LogP contribution in [-0.2, 0) is 0 Å². The third kappa shape index (κ3) is 3.89. The number of rotatable bonds is 3. The molecule has 0 unspecified atom stereocenters. The first-order valence-electron chi connectivity index (χ1n) is 9.81. The van der Waals surface area contributed by atoms with Gasteiger partial charge in [0.25, 0.3) is 0 Å². The van der Waals surface area contributed by atoms with Gasteiger partial charge in [-0.15, -0.1) is 5.10 Å². The molecule has 0 amide bonds. The van der Waals surface area contributed by atoms with Crippen LogP contribution >= 0.6 is 0 Å². The van der Waals surface area contributed by atoms with Gasteiger partial charge in [-0.3, -0.25) is 0 Å². The van der Waals surface area contributed by atoms with Crippen LogP contribution in [0.25, 0.3) is 0 Å². The molecule has 4 rings (SSSR count). The second kappa shape index (κ2) is 7.89. The zero-order valence-corrected chi connectivity index (χ0v) is 15.6. The topological polar surface area (TPSA) is 48.4 Å². The molecule has 3 heterocycles. The molecule has 2 saturated heterocycles. The first-order chi connectivity index (χ1) is 12.8. The SMILES string of the molecule is Cc1cccc(N2CCN(c3nncc(N4CCCCCC4)n3)CC2)c1. The summed E-state index contributed by atoms with van der Waals surface area (Å²) in [5, 5.41) is 8.56. The van der Waals surface area contributed by atoms with Crippen molar-refractivity contribution in [3.63, 3.8) is 0 Å². The minimum Gasteiger partial charge on any atom is -0.368 e. The second-order valence-corrected chi connectivity index (χ2v) is 7.33. The molecule has 0 saturated carbocycles. The number of aryl methyl sites for hydroxylation is 1. The van der Waals surface area contributed by atoms with Crippen LogP contribution in [0.2, 0.25) is 0 Å². The van der Waals surface area contributed by atoms with Crippen LogP contribution in [0.1, 0.15) is 31.2 Å². The Hall–Kier alpha value is -2.37. The van der Waals surface area contributed by atoms with Gasteiger partial charge in [-0.05, 0) is 37.5 Å². The molecule has 1 aromatic carbocycles.